The van der Waals surface area contributed by atoms with E-state index in [0.717, 1.165) is 12.8 Å². The van der Waals surface area contributed by atoms with Crippen LogP contribution in [0, 0.1) is 27.7 Å². The number of benzene rings is 4. The molecule has 6 aromatic rings. The Kier molecular flexibility index (Phi) is 13.2. The van der Waals surface area contributed by atoms with E-state index in [1.807, 2.05) is 0 Å². The second-order valence-corrected chi connectivity index (χ2v) is 12.0. The second-order valence-electron chi connectivity index (χ2n) is 12.0. The van der Waals surface area contributed by atoms with Crippen molar-refractivity contribution in [3.05, 3.63) is 145 Å². The van der Waals surface area contributed by atoms with Crippen LogP contribution in [0.1, 0.15) is 75.6 Å². The molecular weight excluding hydrogens is 608 g/mol. The maximum atomic E-state index is 3.60. The number of hydrogen-bond acceptors (Lipinski definition) is 0. The molecule has 0 nitrogen and oxygen atoms in total. The Bertz CT molecular complexity index is 1600. The zero-order chi connectivity index (χ0) is 31.0. The molecule has 0 aliphatic heterocycles. The Labute approximate surface area is 286 Å². The Balaban J connectivity index is 0.000000528. The van der Waals surface area contributed by atoms with E-state index >= 15 is 0 Å². The van der Waals surface area contributed by atoms with Crippen molar-refractivity contribution >= 4 is 21.5 Å². The summed E-state index contributed by atoms with van der Waals surface area (Å²) >= 11 is 0. The van der Waals surface area contributed by atoms with Crippen molar-refractivity contribution in [2.45, 2.75) is 72.6 Å². The third-order valence-corrected chi connectivity index (χ3v) is 8.35. The third-order valence-electron chi connectivity index (χ3n) is 8.35. The molecule has 0 radical (unpaired) electrons. The zero-order valence-corrected chi connectivity index (χ0v) is 30.1. The van der Waals surface area contributed by atoms with Crippen molar-refractivity contribution in [2.75, 3.05) is 0 Å². The summed E-state index contributed by atoms with van der Waals surface area (Å²) in [7, 11) is 0. The summed E-state index contributed by atoms with van der Waals surface area (Å²) in [6.07, 6.45) is 4.56. The molecule has 0 fully saturated rings. The maximum Gasteiger partial charge on any atom is 4.00 e. The van der Waals surface area contributed by atoms with Gasteiger partial charge < -0.3 is 13.8 Å². The van der Waals surface area contributed by atoms with E-state index in [9.17, 15) is 0 Å². The first-order valence-electron chi connectivity index (χ1n) is 15.9. The van der Waals surface area contributed by atoms with Crippen molar-refractivity contribution in [1.82, 2.24) is 0 Å². The van der Waals surface area contributed by atoms with Gasteiger partial charge in [0.2, 0.25) is 0 Å². The van der Waals surface area contributed by atoms with E-state index in [1.54, 1.807) is 0 Å². The van der Waals surface area contributed by atoms with Gasteiger partial charge in [-0.05, 0) is 11.1 Å². The zero-order valence-electron chi connectivity index (χ0n) is 27.6. The van der Waals surface area contributed by atoms with Crippen LogP contribution in [0.15, 0.2) is 109 Å². The van der Waals surface area contributed by atoms with Gasteiger partial charge in [-0.25, -0.2) is 0 Å². The minimum atomic E-state index is -0.173. The Morgan fingerprint density at radius 2 is 0.886 bits per heavy atom. The average molecular weight is 656 g/mol. The van der Waals surface area contributed by atoms with Crippen LogP contribution in [-0.2, 0) is 31.6 Å². The first kappa shape index (κ1) is 35.5. The average Bonchev–Trinajstić information content (AvgIpc) is 3.58. The van der Waals surface area contributed by atoms with E-state index in [-0.39, 0.29) is 31.6 Å². The first-order valence-corrected chi connectivity index (χ1v) is 15.9. The van der Waals surface area contributed by atoms with Crippen LogP contribution in [0.25, 0.3) is 43.8 Å². The fourth-order valence-electron chi connectivity index (χ4n) is 6.40. The number of hydrogen-bond donors (Lipinski definition) is 0. The van der Waals surface area contributed by atoms with Crippen molar-refractivity contribution in [3.63, 3.8) is 0 Å². The monoisotopic (exact) mass is 654 g/mol. The minimum absolute atomic E-state index is 0. The summed E-state index contributed by atoms with van der Waals surface area (Å²) in [6, 6.07) is 39.8. The van der Waals surface area contributed by atoms with Gasteiger partial charge in [-0.15, -0.1) is 80.2 Å². The fraction of sp³-hybridized carbons (Fsp3) is 0.256. The molecular formula is C43H48Zr. The standard InChI is InChI=1S/C35H30.2C4H9.Zr/c1-23-21-27-17-11-19-29(25-13-7-5-8-14-25)31(27)33(23)35(3,4)34-24(2)22-28-18-12-20-30(32(28)34)26-15-9-6-10-16-26;2*1-3-4-2;/h5-22H,1-4H3;2*1,3-4H2,2H3;/q-2;2*-1;+4. The quantitative estimate of drug-likeness (QED) is 0.157. The van der Waals surface area contributed by atoms with Crippen LogP contribution >= 0.6 is 0 Å². The fourth-order valence-corrected chi connectivity index (χ4v) is 6.40. The van der Waals surface area contributed by atoms with Gasteiger partial charge in [0.15, 0.2) is 0 Å². The van der Waals surface area contributed by atoms with Crippen LogP contribution in [-0.4, -0.2) is 0 Å². The number of aryl methyl sites for hydroxylation is 2. The minimum Gasteiger partial charge on any atom is -0.343 e. The SMILES string of the molecule is Cc1[cH-]c2cccc(-c3ccccc3)c2c1C(C)(C)c1c(C)[cH-]c2cccc(-c3ccccc3)c12.[CH2-]CCC.[CH2-]CCC.[Zr+4]. The molecule has 0 aliphatic rings. The Morgan fingerprint density at radius 1 is 0.545 bits per heavy atom. The van der Waals surface area contributed by atoms with Gasteiger partial charge in [-0.3, -0.25) is 0 Å². The summed E-state index contributed by atoms with van der Waals surface area (Å²) in [6.45, 7) is 20.8. The number of fused-ring (bicyclic) bond motifs is 2. The molecule has 6 aromatic carbocycles. The van der Waals surface area contributed by atoms with Gasteiger partial charge in [0.05, 0.1) is 0 Å². The predicted molar refractivity (Wildman–Crippen MR) is 192 cm³/mol. The molecule has 0 aromatic heterocycles. The van der Waals surface area contributed by atoms with E-state index in [2.05, 4.69) is 165 Å². The largest absolute Gasteiger partial charge is 4.00 e. The Hall–Kier alpha value is -3.02. The van der Waals surface area contributed by atoms with Crippen molar-refractivity contribution in [2.24, 2.45) is 0 Å². The van der Waals surface area contributed by atoms with Crippen LogP contribution in [0.5, 0.6) is 0 Å². The molecule has 44 heavy (non-hydrogen) atoms. The van der Waals surface area contributed by atoms with E-state index < -0.39 is 0 Å². The molecule has 0 N–H and O–H groups in total. The van der Waals surface area contributed by atoms with E-state index in [1.165, 1.54) is 78.9 Å². The molecule has 6 rings (SSSR count). The summed E-state index contributed by atoms with van der Waals surface area (Å²) in [5, 5.41) is 5.41. The van der Waals surface area contributed by atoms with Crippen LogP contribution in [0.4, 0.5) is 0 Å². The molecule has 1 heteroatoms. The topological polar surface area (TPSA) is 0 Å². The molecule has 0 unspecified atom stereocenters. The van der Waals surface area contributed by atoms with Crippen LogP contribution in [0.2, 0.25) is 0 Å². The van der Waals surface area contributed by atoms with Gasteiger partial charge >= 0.3 is 26.2 Å². The van der Waals surface area contributed by atoms with Crippen molar-refractivity contribution < 1.29 is 26.2 Å². The predicted octanol–water partition coefficient (Wildman–Crippen LogP) is 12.9. The molecule has 0 amide bonds. The normalized spacial score (nSPS) is 10.9. The maximum absolute atomic E-state index is 3.60. The Morgan fingerprint density at radius 3 is 1.20 bits per heavy atom. The second kappa shape index (κ2) is 16.3. The molecule has 0 atom stereocenters. The summed E-state index contributed by atoms with van der Waals surface area (Å²) in [5.41, 5.74) is 10.6. The van der Waals surface area contributed by atoms with Crippen LogP contribution < -0.4 is 0 Å². The van der Waals surface area contributed by atoms with Gasteiger partial charge in [0, 0.05) is 0 Å². The summed E-state index contributed by atoms with van der Waals surface area (Å²) in [4.78, 5) is 0. The smallest absolute Gasteiger partial charge is 0.343 e. The molecule has 224 valence electrons. The molecule has 0 heterocycles. The number of rotatable bonds is 6. The molecule has 0 bridgehead atoms. The molecule has 0 saturated carbocycles. The number of unbranched alkanes of at least 4 members (excludes halogenated alkanes) is 2. The van der Waals surface area contributed by atoms with Crippen LogP contribution in [0.3, 0.4) is 0 Å². The van der Waals surface area contributed by atoms with Crippen molar-refractivity contribution in [1.29, 1.82) is 0 Å². The molecule has 0 saturated heterocycles. The summed E-state index contributed by atoms with van der Waals surface area (Å²) < 4.78 is 0. The molecule has 0 aliphatic carbocycles. The van der Waals surface area contributed by atoms with Gasteiger partial charge in [-0.1, -0.05) is 144 Å². The first-order chi connectivity index (χ1) is 20.8. The molecule has 0 spiro atoms. The summed E-state index contributed by atoms with van der Waals surface area (Å²) in [5.74, 6) is 0. The van der Waals surface area contributed by atoms with Gasteiger partial charge in [0.1, 0.15) is 0 Å². The van der Waals surface area contributed by atoms with Gasteiger partial charge in [-0.2, -0.15) is 12.8 Å². The third kappa shape index (κ3) is 7.43. The van der Waals surface area contributed by atoms with Crippen molar-refractivity contribution in [3.8, 4) is 22.3 Å². The van der Waals surface area contributed by atoms with Gasteiger partial charge in [0.25, 0.3) is 0 Å². The van der Waals surface area contributed by atoms with E-state index in [0.29, 0.717) is 0 Å². The van der Waals surface area contributed by atoms with E-state index in [4.69, 9.17) is 0 Å².